The van der Waals surface area contributed by atoms with Crippen molar-refractivity contribution in [1.29, 1.82) is 0 Å². The summed E-state index contributed by atoms with van der Waals surface area (Å²) in [6.07, 6.45) is -0.755. The Morgan fingerprint density at radius 2 is 2.13 bits per heavy atom. The summed E-state index contributed by atoms with van der Waals surface area (Å²) in [5.74, 6) is 0. The van der Waals surface area contributed by atoms with E-state index in [1.54, 1.807) is 0 Å². The summed E-state index contributed by atoms with van der Waals surface area (Å²) in [5, 5.41) is 10.9. The summed E-state index contributed by atoms with van der Waals surface area (Å²) in [5.41, 5.74) is 6.78. The molecule has 3 nitrogen and oxygen atoms in total. The number of aromatic nitrogens is 1. The number of para-hydroxylation sites is 1. The Morgan fingerprint density at radius 3 is 2.87 bits per heavy atom. The smallest absolute Gasteiger partial charge is 0.135 e. The number of aliphatic hydroxyl groups is 1. The minimum Gasteiger partial charge on any atom is -0.387 e. The van der Waals surface area contributed by atoms with Crippen LogP contribution in [0.4, 0.5) is 0 Å². The highest BCUT2D eigenvalue weighted by molar-refractivity contribution is 6.30. The fourth-order valence-electron chi connectivity index (χ4n) is 1.47. The average Bonchev–Trinajstić information content (AvgIpc) is 2.27. The van der Waals surface area contributed by atoms with E-state index in [-0.39, 0.29) is 6.54 Å². The normalized spacial score (nSPS) is 13.0. The van der Waals surface area contributed by atoms with Gasteiger partial charge in [0.25, 0.3) is 0 Å². The van der Waals surface area contributed by atoms with E-state index in [2.05, 4.69) is 4.98 Å². The number of benzene rings is 1. The van der Waals surface area contributed by atoms with Crippen molar-refractivity contribution in [3.05, 3.63) is 41.0 Å². The Labute approximate surface area is 92.5 Å². The van der Waals surface area contributed by atoms with Crippen LogP contribution in [0.25, 0.3) is 10.9 Å². The van der Waals surface area contributed by atoms with Crippen LogP contribution >= 0.6 is 11.6 Å². The SMILES string of the molecule is NCC(O)c1cc2ccccc2nc1Cl. The molecule has 0 saturated carbocycles. The molecule has 1 unspecified atom stereocenters. The Bertz CT molecular complexity index is 487. The van der Waals surface area contributed by atoms with Crippen molar-refractivity contribution in [3.8, 4) is 0 Å². The molecule has 0 saturated heterocycles. The molecule has 1 aromatic carbocycles. The second kappa shape index (κ2) is 4.14. The molecular formula is C11H11ClN2O. The van der Waals surface area contributed by atoms with Gasteiger partial charge in [0.2, 0.25) is 0 Å². The minimum atomic E-state index is -0.755. The molecule has 78 valence electrons. The topological polar surface area (TPSA) is 59.1 Å². The van der Waals surface area contributed by atoms with Crippen LogP contribution in [0, 0.1) is 0 Å². The Kier molecular flexibility index (Phi) is 2.86. The van der Waals surface area contributed by atoms with Gasteiger partial charge in [-0.3, -0.25) is 0 Å². The summed E-state index contributed by atoms with van der Waals surface area (Å²) in [7, 11) is 0. The van der Waals surface area contributed by atoms with Crippen molar-refractivity contribution in [2.24, 2.45) is 5.73 Å². The first-order valence-corrected chi connectivity index (χ1v) is 5.03. The largest absolute Gasteiger partial charge is 0.387 e. The van der Waals surface area contributed by atoms with Crippen LogP contribution in [0.15, 0.2) is 30.3 Å². The van der Waals surface area contributed by atoms with E-state index in [1.165, 1.54) is 0 Å². The number of fused-ring (bicyclic) bond motifs is 1. The number of aliphatic hydroxyl groups excluding tert-OH is 1. The number of nitrogens with zero attached hydrogens (tertiary/aromatic N) is 1. The van der Waals surface area contributed by atoms with Gasteiger partial charge in [-0.2, -0.15) is 0 Å². The molecule has 3 N–H and O–H groups in total. The zero-order valence-corrected chi connectivity index (χ0v) is 8.78. The predicted molar refractivity (Wildman–Crippen MR) is 60.8 cm³/mol. The van der Waals surface area contributed by atoms with E-state index in [9.17, 15) is 5.11 Å². The lowest BCUT2D eigenvalue weighted by atomic mass is 10.1. The molecule has 2 rings (SSSR count). The van der Waals surface area contributed by atoms with Gasteiger partial charge in [-0.15, -0.1) is 0 Å². The molecule has 0 spiro atoms. The van der Waals surface area contributed by atoms with Gasteiger partial charge in [0.05, 0.1) is 11.6 Å². The molecule has 0 aliphatic carbocycles. The van der Waals surface area contributed by atoms with E-state index >= 15 is 0 Å². The molecule has 1 aromatic heterocycles. The summed E-state index contributed by atoms with van der Waals surface area (Å²) >= 11 is 5.95. The van der Waals surface area contributed by atoms with E-state index < -0.39 is 6.10 Å². The number of hydrogen-bond donors (Lipinski definition) is 2. The number of pyridine rings is 1. The molecule has 0 radical (unpaired) electrons. The second-order valence-electron chi connectivity index (χ2n) is 3.31. The van der Waals surface area contributed by atoms with Crippen LogP contribution in [0.3, 0.4) is 0 Å². The zero-order chi connectivity index (χ0) is 10.8. The lowest BCUT2D eigenvalue weighted by Crippen LogP contribution is -2.12. The molecule has 1 heterocycles. The standard InChI is InChI=1S/C11H11ClN2O/c12-11-8(10(15)6-13)5-7-3-1-2-4-9(7)14-11/h1-5,10,15H,6,13H2. The minimum absolute atomic E-state index is 0.139. The molecule has 0 fully saturated rings. The fraction of sp³-hybridized carbons (Fsp3) is 0.182. The number of hydrogen-bond acceptors (Lipinski definition) is 3. The van der Waals surface area contributed by atoms with Crippen molar-refractivity contribution >= 4 is 22.5 Å². The first-order valence-electron chi connectivity index (χ1n) is 4.65. The van der Waals surface area contributed by atoms with Gasteiger partial charge in [0.15, 0.2) is 0 Å². The van der Waals surface area contributed by atoms with E-state index in [1.807, 2.05) is 30.3 Å². The predicted octanol–water partition coefficient (Wildman–Crippen LogP) is 1.88. The Morgan fingerprint density at radius 1 is 1.40 bits per heavy atom. The third kappa shape index (κ3) is 1.95. The lowest BCUT2D eigenvalue weighted by molar-refractivity contribution is 0.186. The lowest BCUT2D eigenvalue weighted by Gasteiger charge is -2.10. The van der Waals surface area contributed by atoms with Crippen LogP contribution in [-0.4, -0.2) is 16.6 Å². The highest BCUT2D eigenvalue weighted by Crippen LogP contribution is 2.24. The fourth-order valence-corrected chi connectivity index (χ4v) is 1.74. The van der Waals surface area contributed by atoms with E-state index in [0.717, 1.165) is 10.9 Å². The average molecular weight is 223 g/mol. The molecular weight excluding hydrogens is 212 g/mol. The van der Waals surface area contributed by atoms with Crippen molar-refractivity contribution in [3.63, 3.8) is 0 Å². The van der Waals surface area contributed by atoms with Gasteiger partial charge < -0.3 is 10.8 Å². The maximum absolute atomic E-state index is 9.62. The molecule has 4 heteroatoms. The molecule has 15 heavy (non-hydrogen) atoms. The summed E-state index contributed by atoms with van der Waals surface area (Å²) in [6, 6.07) is 9.43. The van der Waals surface area contributed by atoms with Crippen molar-refractivity contribution in [1.82, 2.24) is 4.98 Å². The number of halogens is 1. The molecule has 1 atom stereocenters. The highest BCUT2D eigenvalue weighted by Gasteiger charge is 2.11. The summed E-state index contributed by atoms with van der Waals surface area (Å²) < 4.78 is 0. The van der Waals surface area contributed by atoms with Crippen molar-refractivity contribution < 1.29 is 5.11 Å². The second-order valence-corrected chi connectivity index (χ2v) is 3.67. The van der Waals surface area contributed by atoms with Gasteiger partial charge in [-0.1, -0.05) is 29.8 Å². The Balaban J connectivity index is 2.61. The van der Waals surface area contributed by atoms with Crippen LogP contribution in [-0.2, 0) is 0 Å². The molecule has 0 amide bonds. The van der Waals surface area contributed by atoms with E-state index in [4.69, 9.17) is 17.3 Å². The quantitative estimate of drug-likeness (QED) is 0.763. The van der Waals surface area contributed by atoms with Gasteiger partial charge in [0.1, 0.15) is 5.15 Å². The van der Waals surface area contributed by atoms with E-state index in [0.29, 0.717) is 10.7 Å². The van der Waals surface area contributed by atoms with Crippen molar-refractivity contribution in [2.45, 2.75) is 6.10 Å². The third-order valence-corrected chi connectivity index (χ3v) is 2.59. The monoisotopic (exact) mass is 222 g/mol. The summed E-state index contributed by atoms with van der Waals surface area (Å²) in [6.45, 7) is 0.139. The van der Waals surface area contributed by atoms with Crippen LogP contribution in [0.2, 0.25) is 5.15 Å². The van der Waals surface area contributed by atoms with Gasteiger partial charge in [-0.25, -0.2) is 4.98 Å². The highest BCUT2D eigenvalue weighted by atomic mass is 35.5. The number of nitrogens with two attached hydrogens (primary N) is 1. The third-order valence-electron chi connectivity index (χ3n) is 2.29. The van der Waals surface area contributed by atoms with Crippen LogP contribution < -0.4 is 5.73 Å². The zero-order valence-electron chi connectivity index (χ0n) is 8.02. The molecule has 0 aliphatic rings. The maximum atomic E-state index is 9.62. The maximum Gasteiger partial charge on any atom is 0.135 e. The molecule has 0 aliphatic heterocycles. The molecule has 2 aromatic rings. The number of rotatable bonds is 2. The van der Waals surface area contributed by atoms with Crippen LogP contribution in [0.5, 0.6) is 0 Å². The van der Waals surface area contributed by atoms with Crippen LogP contribution in [0.1, 0.15) is 11.7 Å². The van der Waals surface area contributed by atoms with Gasteiger partial charge >= 0.3 is 0 Å². The van der Waals surface area contributed by atoms with Gasteiger partial charge in [0, 0.05) is 17.5 Å². The first-order chi connectivity index (χ1) is 7.22. The summed E-state index contributed by atoms with van der Waals surface area (Å²) in [4.78, 5) is 4.19. The van der Waals surface area contributed by atoms with Crippen molar-refractivity contribution in [2.75, 3.05) is 6.54 Å². The Hall–Kier alpha value is -1.16. The first kappa shape index (κ1) is 10.4. The van der Waals surface area contributed by atoms with Gasteiger partial charge in [-0.05, 0) is 12.1 Å². The molecule has 0 bridgehead atoms.